The zero-order chi connectivity index (χ0) is 15.2. The number of carbonyl (C=O) groups is 1. The first kappa shape index (κ1) is 15.7. The maximum atomic E-state index is 12.6. The molecule has 5 nitrogen and oxygen atoms in total. The smallest absolute Gasteiger partial charge is 0.235 e. The minimum Gasteiger partial charge on any atom is -0.409 e. The quantitative estimate of drug-likeness (QED) is 0.336. The second-order valence-corrected chi connectivity index (χ2v) is 6.27. The molecular formula is C15H21N3O2S. The van der Waals surface area contributed by atoms with E-state index in [1.807, 2.05) is 30.3 Å². The Bertz CT molecular complexity index is 507. The highest BCUT2D eigenvalue weighted by atomic mass is 32.2. The summed E-state index contributed by atoms with van der Waals surface area (Å²) in [4.78, 5) is 12.6. The van der Waals surface area contributed by atoms with Gasteiger partial charge in [-0.2, -0.15) is 11.8 Å². The first-order valence-electron chi connectivity index (χ1n) is 7.03. The maximum Gasteiger partial charge on any atom is 0.235 e. The number of carbonyl (C=O) groups excluding carboxylic acids is 1. The van der Waals surface area contributed by atoms with Crippen LogP contribution in [0.5, 0.6) is 0 Å². The van der Waals surface area contributed by atoms with Crippen molar-refractivity contribution >= 4 is 23.5 Å². The van der Waals surface area contributed by atoms with Gasteiger partial charge in [-0.15, -0.1) is 0 Å². The largest absolute Gasteiger partial charge is 0.409 e. The van der Waals surface area contributed by atoms with Crippen LogP contribution in [-0.2, 0) is 4.79 Å². The first-order chi connectivity index (χ1) is 10.2. The molecule has 2 rings (SSSR count). The molecule has 1 aromatic carbocycles. The van der Waals surface area contributed by atoms with Crippen LogP contribution in [0.15, 0.2) is 35.5 Å². The summed E-state index contributed by atoms with van der Waals surface area (Å²) < 4.78 is 0. The molecule has 6 heteroatoms. The van der Waals surface area contributed by atoms with Crippen LogP contribution in [0, 0.1) is 0 Å². The maximum absolute atomic E-state index is 12.6. The fraction of sp³-hybridized carbons (Fsp3) is 0.467. The molecule has 1 amide bonds. The number of nitrogens with two attached hydrogens (primary N) is 1. The summed E-state index contributed by atoms with van der Waals surface area (Å²) in [5.74, 6) is -1.04. The van der Waals surface area contributed by atoms with Crippen molar-refractivity contribution in [1.29, 1.82) is 0 Å². The fourth-order valence-corrected chi connectivity index (χ4v) is 3.73. The van der Waals surface area contributed by atoms with Crippen molar-refractivity contribution in [3.05, 3.63) is 35.9 Å². The zero-order valence-corrected chi connectivity index (χ0v) is 12.8. The van der Waals surface area contributed by atoms with E-state index < -0.39 is 5.92 Å². The molecule has 1 aliphatic rings. The topological polar surface area (TPSA) is 87.7 Å². The molecule has 0 bridgehead atoms. The van der Waals surface area contributed by atoms with Crippen LogP contribution < -0.4 is 11.1 Å². The van der Waals surface area contributed by atoms with Crippen LogP contribution in [-0.4, -0.2) is 34.5 Å². The van der Waals surface area contributed by atoms with E-state index in [0.717, 1.165) is 24.8 Å². The van der Waals surface area contributed by atoms with Gasteiger partial charge >= 0.3 is 0 Å². The molecule has 0 spiro atoms. The van der Waals surface area contributed by atoms with Gasteiger partial charge in [-0.1, -0.05) is 41.9 Å². The molecule has 0 aliphatic heterocycles. The lowest BCUT2D eigenvalue weighted by Crippen LogP contribution is -2.44. The van der Waals surface area contributed by atoms with E-state index in [2.05, 4.69) is 16.7 Å². The van der Waals surface area contributed by atoms with Gasteiger partial charge in [0.25, 0.3) is 0 Å². The Morgan fingerprint density at radius 3 is 2.76 bits per heavy atom. The van der Waals surface area contributed by atoms with Crippen LogP contribution in [0.25, 0.3) is 0 Å². The van der Waals surface area contributed by atoms with Gasteiger partial charge in [-0.25, -0.2) is 0 Å². The molecule has 0 radical (unpaired) electrons. The Hall–Kier alpha value is -1.69. The van der Waals surface area contributed by atoms with Gasteiger partial charge in [-0.05, 0) is 24.7 Å². The van der Waals surface area contributed by atoms with Crippen molar-refractivity contribution in [3.8, 4) is 0 Å². The van der Waals surface area contributed by atoms with Gasteiger partial charge in [0.2, 0.25) is 5.91 Å². The fourth-order valence-electron chi connectivity index (χ4n) is 2.80. The number of amides is 1. The number of hydrogen-bond acceptors (Lipinski definition) is 4. The third-order valence-electron chi connectivity index (χ3n) is 3.89. The van der Waals surface area contributed by atoms with Gasteiger partial charge in [0.05, 0.1) is 0 Å². The van der Waals surface area contributed by atoms with Crippen molar-refractivity contribution < 1.29 is 10.0 Å². The van der Waals surface area contributed by atoms with Crippen LogP contribution in [0.4, 0.5) is 0 Å². The average molecular weight is 307 g/mol. The van der Waals surface area contributed by atoms with Crippen LogP contribution >= 0.6 is 11.8 Å². The minimum absolute atomic E-state index is 0.0857. The van der Waals surface area contributed by atoms with E-state index in [1.54, 1.807) is 11.8 Å². The molecule has 0 heterocycles. The molecule has 1 aliphatic carbocycles. The number of rotatable bonds is 5. The van der Waals surface area contributed by atoms with E-state index in [1.165, 1.54) is 0 Å². The molecule has 1 aromatic rings. The molecule has 1 saturated carbocycles. The van der Waals surface area contributed by atoms with E-state index in [0.29, 0.717) is 5.25 Å². The van der Waals surface area contributed by atoms with Crippen LogP contribution in [0.2, 0.25) is 0 Å². The minimum atomic E-state index is -0.751. The zero-order valence-electron chi connectivity index (χ0n) is 12.0. The Morgan fingerprint density at radius 1 is 1.43 bits per heavy atom. The molecular weight excluding hydrogens is 286 g/mol. The number of hydrogen-bond donors (Lipinski definition) is 3. The Balaban J connectivity index is 2.16. The molecule has 114 valence electrons. The van der Waals surface area contributed by atoms with Gasteiger partial charge in [0.1, 0.15) is 5.92 Å². The lowest BCUT2D eigenvalue weighted by molar-refractivity contribution is -0.121. The summed E-state index contributed by atoms with van der Waals surface area (Å²) in [5, 5.41) is 15.5. The van der Waals surface area contributed by atoms with Crippen LogP contribution in [0.3, 0.4) is 0 Å². The van der Waals surface area contributed by atoms with Gasteiger partial charge in [0.15, 0.2) is 5.84 Å². The molecule has 3 atom stereocenters. The predicted molar refractivity (Wildman–Crippen MR) is 85.7 cm³/mol. The third kappa shape index (κ3) is 3.69. The number of amidine groups is 1. The molecule has 21 heavy (non-hydrogen) atoms. The number of nitrogens with one attached hydrogen (secondary N) is 1. The number of benzene rings is 1. The van der Waals surface area contributed by atoms with E-state index in [4.69, 9.17) is 10.9 Å². The van der Waals surface area contributed by atoms with E-state index in [-0.39, 0.29) is 17.8 Å². The first-order valence-corrected chi connectivity index (χ1v) is 8.31. The summed E-state index contributed by atoms with van der Waals surface area (Å²) in [6.45, 7) is 0. The number of nitrogens with zero attached hydrogens (tertiary/aromatic N) is 1. The molecule has 0 saturated heterocycles. The lowest BCUT2D eigenvalue weighted by Gasteiger charge is -2.23. The molecule has 4 N–H and O–H groups in total. The standard InChI is InChI=1S/C15H21N3O2S/c1-21-12-9-5-8-11(12)17-15(19)13(14(16)18-20)10-6-3-2-4-7-10/h2-4,6-7,11-13,20H,5,8-9H2,1H3,(H2,16,18)(H,17,19). The average Bonchev–Trinajstić information content (AvgIpc) is 2.95. The van der Waals surface area contributed by atoms with Gasteiger partial charge in [0, 0.05) is 11.3 Å². The monoisotopic (exact) mass is 307 g/mol. The normalized spacial score (nSPS) is 23.8. The van der Waals surface area contributed by atoms with Crippen molar-refractivity contribution in [3.63, 3.8) is 0 Å². The summed E-state index contributed by atoms with van der Waals surface area (Å²) >= 11 is 1.78. The Kier molecular flexibility index (Phi) is 5.50. The van der Waals surface area contributed by atoms with Crippen molar-refractivity contribution in [2.24, 2.45) is 10.9 Å². The highest BCUT2D eigenvalue weighted by Crippen LogP contribution is 2.29. The number of thioether (sulfide) groups is 1. The van der Waals surface area contributed by atoms with Crippen molar-refractivity contribution in [2.75, 3.05) is 6.26 Å². The highest BCUT2D eigenvalue weighted by molar-refractivity contribution is 7.99. The van der Waals surface area contributed by atoms with Gasteiger partial charge in [-0.3, -0.25) is 4.79 Å². The van der Waals surface area contributed by atoms with E-state index in [9.17, 15) is 4.79 Å². The summed E-state index contributed by atoms with van der Waals surface area (Å²) in [7, 11) is 0. The predicted octanol–water partition coefficient (Wildman–Crippen LogP) is 1.92. The number of oxime groups is 1. The SMILES string of the molecule is CSC1CCCC1NC(=O)C(/C(N)=N/O)c1ccccc1. The highest BCUT2D eigenvalue weighted by Gasteiger charge is 2.32. The Morgan fingerprint density at radius 2 is 2.14 bits per heavy atom. The van der Waals surface area contributed by atoms with E-state index >= 15 is 0 Å². The Labute approximate surface area is 129 Å². The lowest BCUT2D eigenvalue weighted by atomic mass is 9.96. The third-order valence-corrected chi connectivity index (χ3v) is 5.06. The summed E-state index contributed by atoms with van der Waals surface area (Å²) in [5.41, 5.74) is 6.45. The molecule has 1 fully saturated rings. The second-order valence-electron chi connectivity index (χ2n) is 5.19. The van der Waals surface area contributed by atoms with Crippen molar-refractivity contribution in [1.82, 2.24) is 5.32 Å². The summed E-state index contributed by atoms with van der Waals surface area (Å²) in [6.07, 6.45) is 5.28. The molecule has 3 unspecified atom stereocenters. The summed E-state index contributed by atoms with van der Waals surface area (Å²) in [6, 6.07) is 9.31. The second kappa shape index (κ2) is 7.36. The molecule has 0 aromatic heterocycles. The van der Waals surface area contributed by atoms with Gasteiger partial charge < -0.3 is 16.3 Å². The van der Waals surface area contributed by atoms with Crippen LogP contribution in [0.1, 0.15) is 30.7 Å². The van der Waals surface area contributed by atoms with Crippen molar-refractivity contribution in [2.45, 2.75) is 36.5 Å².